The van der Waals surface area contributed by atoms with Gasteiger partial charge >= 0.3 is 18.2 Å². The number of allylic oxidation sites excluding steroid dienone is 3. The van der Waals surface area contributed by atoms with Crippen LogP contribution in [-0.2, 0) is 23.7 Å². The number of ether oxygens (including phenoxy) is 4. The third-order valence-corrected chi connectivity index (χ3v) is 11.0. The SMILES string of the molecule is CC(C)C(NC(=O)OC(C)(C)C)C(=O)OCCOC(=O)O[C@H]1CC[C@@]2(C)C(=CC[C@@H]3[C@@H]2CC[C@]2(C)C(c4cccnc4)=CC[C@@H]32)C1. The lowest BCUT2D eigenvalue weighted by molar-refractivity contribution is -0.148. The Bertz CT molecular complexity index is 1350. The molecule has 1 heterocycles. The average Bonchev–Trinajstić information content (AvgIpc) is 3.35. The largest absolute Gasteiger partial charge is 0.508 e. The highest BCUT2D eigenvalue weighted by Crippen LogP contribution is 2.66. The third-order valence-electron chi connectivity index (χ3n) is 11.0. The summed E-state index contributed by atoms with van der Waals surface area (Å²) in [5, 5.41) is 2.56. The summed E-state index contributed by atoms with van der Waals surface area (Å²) in [5.74, 6) is 1.09. The molecule has 4 aliphatic rings. The van der Waals surface area contributed by atoms with E-state index in [1.54, 1.807) is 34.6 Å². The highest BCUT2D eigenvalue weighted by molar-refractivity contribution is 5.81. The zero-order valence-electron chi connectivity index (χ0n) is 28.6. The first-order chi connectivity index (χ1) is 21.7. The zero-order valence-corrected chi connectivity index (χ0v) is 28.6. The number of nitrogens with zero attached hydrogens (tertiary/aromatic N) is 1. The maximum Gasteiger partial charge on any atom is 0.508 e. The van der Waals surface area contributed by atoms with Gasteiger partial charge in [0.2, 0.25) is 0 Å². The fourth-order valence-corrected chi connectivity index (χ4v) is 8.72. The predicted octanol–water partition coefficient (Wildman–Crippen LogP) is 7.65. The number of alkyl carbamates (subject to hydrolysis) is 1. The minimum absolute atomic E-state index is 0.125. The highest BCUT2D eigenvalue weighted by atomic mass is 16.7. The van der Waals surface area contributed by atoms with E-state index >= 15 is 0 Å². The number of esters is 1. The maximum absolute atomic E-state index is 12.6. The van der Waals surface area contributed by atoms with Crippen LogP contribution in [-0.4, -0.2) is 54.2 Å². The topological polar surface area (TPSA) is 113 Å². The maximum atomic E-state index is 12.6. The van der Waals surface area contributed by atoms with Crippen LogP contribution in [0.5, 0.6) is 0 Å². The van der Waals surface area contributed by atoms with Crippen molar-refractivity contribution in [3.05, 3.63) is 47.8 Å². The second kappa shape index (κ2) is 13.4. The van der Waals surface area contributed by atoms with E-state index in [0.29, 0.717) is 17.8 Å². The zero-order chi connectivity index (χ0) is 33.3. The number of carbonyl (C=O) groups excluding carboxylic acids is 3. The van der Waals surface area contributed by atoms with Gasteiger partial charge in [0.15, 0.2) is 0 Å². The van der Waals surface area contributed by atoms with E-state index in [0.717, 1.165) is 32.1 Å². The van der Waals surface area contributed by atoms with E-state index in [1.807, 2.05) is 18.5 Å². The van der Waals surface area contributed by atoms with Gasteiger partial charge in [0, 0.05) is 18.8 Å². The Morgan fingerprint density at radius 3 is 2.43 bits per heavy atom. The van der Waals surface area contributed by atoms with Gasteiger partial charge in [0.05, 0.1) is 0 Å². The Balaban J connectivity index is 1.09. The van der Waals surface area contributed by atoms with E-state index in [1.165, 1.54) is 29.6 Å². The van der Waals surface area contributed by atoms with Crippen molar-refractivity contribution in [1.29, 1.82) is 0 Å². The lowest BCUT2D eigenvalue weighted by Crippen LogP contribution is -2.50. The van der Waals surface area contributed by atoms with Crippen LogP contribution in [0.3, 0.4) is 0 Å². The molecule has 0 bridgehead atoms. The minimum Gasteiger partial charge on any atom is -0.461 e. The highest BCUT2D eigenvalue weighted by Gasteiger charge is 2.57. The van der Waals surface area contributed by atoms with Crippen LogP contribution in [0.4, 0.5) is 9.59 Å². The summed E-state index contributed by atoms with van der Waals surface area (Å²) in [4.78, 5) is 41.7. The van der Waals surface area contributed by atoms with E-state index in [2.05, 4.69) is 42.4 Å². The molecule has 2 saturated carbocycles. The van der Waals surface area contributed by atoms with E-state index in [9.17, 15) is 14.4 Å². The molecule has 252 valence electrons. The summed E-state index contributed by atoms with van der Waals surface area (Å²) in [5.41, 5.74) is 3.79. The van der Waals surface area contributed by atoms with Gasteiger partial charge in [-0.05, 0) is 111 Å². The molecule has 1 N–H and O–H groups in total. The molecule has 0 spiro atoms. The minimum atomic E-state index is -0.882. The molecule has 0 radical (unpaired) electrons. The van der Waals surface area contributed by atoms with Crippen molar-refractivity contribution in [1.82, 2.24) is 10.3 Å². The van der Waals surface area contributed by atoms with Crippen LogP contribution in [0, 0.1) is 34.5 Å². The van der Waals surface area contributed by atoms with Crippen LogP contribution in [0.2, 0.25) is 0 Å². The quantitative estimate of drug-likeness (QED) is 0.134. The van der Waals surface area contributed by atoms with Crippen LogP contribution in [0.1, 0.15) is 99.0 Å². The number of nitrogens with one attached hydrogen (secondary N) is 1. The van der Waals surface area contributed by atoms with Crippen LogP contribution in [0.25, 0.3) is 5.57 Å². The van der Waals surface area contributed by atoms with Gasteiger partial charge < -0.3 is 24.3 Å². The first-order valence-electron chi connectivity index (χ1n) is 17.0. The number of hydrogen-bond acceptors (Lipinski definition) is 8. The molecule has 9 heteroatoms. The molecule has 5 rings (SSSR count). The predicted molar refractivity (Wildman–Crippen MR) is 174 cm³/mol. The summed E-state index contributed by atoms with van der Waals surface area (Å²) >= 11 is 0. The van der Waals surface area contributed by atoms with Gasteiger partial charge in [-0.15, -0.1) is 0 Å². The summed E-state index contributed by atoms with van der Waals surface area (Å²) in [6, 6.07) is 3.36. The molecule has 7 atom stereocenters. The number of amides is 1. The molecule has 46 heavy (non-hydrogen) atoms. The third kappa shape index (κ3) is 7.13. The van der Waals surface area contributed by atoms with Crippen molar-refractivity contribution in [3.8, 4) is 0 Å². The molecular formula is C37H52N2O7. The Morgan fingerprint density at radius 1 is 1.00 bits per heavy atom. The Hall–Kier alpha value is -3.36. The van der Waals surface area contributed by atoms with Crippen LogP contribution >= 0.6 is 0 Å². The van der Waals surface area contributed by atoms with Crippen LogP contribution in [0.15, 0.2) is 42.3 Å². The summed E-state index contributed by atoms with van der Waals surface area (Å²) in [6.45, 7) is 13.5. The normalized spacial score (nSPS) is 30.9. The summed E-state index contributed by atoms with van der Waals surface area (Å²) < 4.78 is 21.5. The molecule has 1 aromatic rings. The molecule has 1 aromatic heterocycles. The molecule has 1 unspecified atom stereocenters. The molecule has 9 nitrogen and oxygen atoms in total. The van der Waals surface area contributed by atoms with Gasteiger partial charge in [0.1, 0.15) is 31.0 Å². The molecular weight excluding hydrogens is 584 g/mol. The lowest BCUT2D eigenvalue weighted by Gasteiger charge is -2.57. The van der Waals surface area contributed by atoms with Gasteiger partial charge in [-0.2, -0.15) is 0 Å². The first-order valence-corrected chi connectivity index (χ1v) is 17.0. The Labute approximate surface area is 273 Å². The number of aromatic nitrogens is 1. The summed E-state index contributed by atoms with van der Waals surface area (Å²) in [7, 11) is 0. The van der Waals surface area contributed by atoms with Gasteiger partial charge in [-0.25, -0.2) is 14.4 Å². The molecule has 4 aliphatic carbocycles. The molecule has 0 aromatic carbocycles. The van der Waals surface area contributed by atoms with Gasteiger partial charge in [-0.3, -0.25) is 4.98 Å². The van der Waals surface area contributed by atoms with Gasteiger partial charge in [0.25, 0.3) is 0 Å². The smallest absolute Gasteiger partial charge is 0.461 e. The number of fused-ring (bicyclic) bond motifs is 5. The van der Waals surface area contributed by atoms with Crippen molar-refractivity contribution >= 4 is 23.8 Å². The van der Waals surface area contributed by atoms with E-state index in [-0.39, 0.29) is 36.1 Å². The monoisotopic (exact) mass is 636 g/mol. The van der Waals surface area contributed by atoms with Crippen molar-refractivity contribution in [3.63, 3.8) is 0 Å². The molecule has 2 fully saturated rings. The molecule has 0 saturated heterocycles. The second-order valence-corrected chi connectivity index (χ2v) is 15.4. The number of carbonyl (C=O) groups is 3. The lowest BCUT2D eigenvalue weighted by atomic mass is 9.47. The molecule has 1 amide bonds. The average molecular weight is 637 g/mol. The number of hydrogen-bond donors (Lipinski definition) is 1. The fourth-order valence-electron chi connectivity index (χ4n) is 8.72. The van der Waals surface area contributed by atoms with Crippen molar-refractivity contribution in [2.75, 3.05) is 13.2 Å². The fraction of sp³-hybridized carbons (Fsp3) is 0.676. The van der Waals surface area contributed by atoms with Gasteiger partial charge in [-0.1, -0.05) is 51.5 Å². The first kappa shape index (κ1) is 34.0. The van der Waals surface area contributed by atoms with Crippen molar-refractivity contribution in [2.45, 2.75) is 111 Å². The Kier molecular flexibility index (Phi) is 9.90. The Morgan fingerprint density at radius 2 is 1.74 bits per heavy atom. The van der Waals surface area contributed by atoms with Crippen molar-refractivity contribution in [2.24, 2.45) is 34.5 Å². The molecule has 0 aliphatic heterocycles. The second-order valence-electron chi connectivity index (χ2n) is 15.4. The standard InChI is InChI=1S/C37H52N2O7/c1-23(2)31(39-33(41)46-35(3,4)5)32(40)43-19-20-44-34(42)45-26-14-16-36(6)25(21-26)10-11-27-29-13-12-28(24-9-8-18-38-22-24)37(29,7)17-15-30(27)36/h8-10,12,18,22-23,26-27,29-31H,11,13-17,19-21H2,1-7H3,(H,39,41)/t26-,27-,29-,30-,31?,36-,37+/m0/s1. The van der Waals surface area contributed by atoms with E-state index < -0.39 is 29.9 Å². The van der Waals surface area contributed by atoms with Crippen LogP contribution < -0.4 is 5.32 Å². The number of rotatable bonds is 8. The van der Waals surface area contributed by atoms with Crippen molar-refractivity contribution < 1.29 is 33.3 Å². The summed E-state index contributed by atoms with van der Waals surface area (Å²) in [6.07, 6.45) is 14.2. The number of pyridine rings is 1. The van der Waals surface area contributed by atoms with E-state index in [4.69, 9.17) is 18.9 Å².